The molecule has 4 nitrogen and oxygen atoms in total. The van der Waals surface area contributed by atoms with E-state index in [0.717, 1.165) is 0 Å². The van der Waals surface area contributed by atoms with Crippen LogP contribution in [0.5, 0.6) is 0 Å². The maximum atomic E-state index is 4.00. The lowest BCUT2D eigenvalue weighted by atomic mass is 13.0. The number of hydrogen-bond donors (Lipinski definition) is 4. The van der Waals surface area contributed by atoms with Crippen LogP contribution in [0.3, 0.4) is 0 Å². The Balaban J connectivity index is -0.00000000500. The Labute approximate surface area is 49.0 Å². The molecule has 8 N–H and O–H groups in total. The van der Waals surface area contributed by atoms with Crippen molar-refractivity contribution in [1.82, 2.24) is 0 Å². The van der Waals surface area contributed by atoms with Gasteiger partial charge in [-0.15, -0.1) is 24.8 Å². The molecule has 0 aliphatic rings. The molecule has 0 heterocycles. The SMILES string of the molecule is Cl.Cl.NN.NN. The van der Waals surface area contributed by atoms with Crippen molar-refractivity contribution in [3.05, 3.63) is 0 Å². The molecule has 0 rings (SSSR count). The van der Waals surface area contributed by atoms with Gasteiger partial charge in [-0.1, -0.05) is 0 Å². The Morgan fingerprint density at radius 2 is 0.500 bits per heavy atom. The number of nitrogens with two attached hydrogens (primary N) is 4. The molecule has 0 fully saturated rings. The molecular weight excluding hydrogens is 127 g/mol. The van der Waals surface area contributed by atoms with Gasteiger partial charge in [-0.05, 0) is 0 Å². The molecule has 0 aromatic rings. The summed E-state index contributed by atoms with van der Waals surface area (Å²) in [7, 11) is 0. The zero-order chi connectivity index (χ0) is 4.00. The van der Waals surface area contributed by atoms with Gasteiger partial charge in [-0.2, -0.15) is 0 Å². The Hall–Kier alpha value is 0.420. The second kappa shape index (κ2) is 600. The number of rotatable bonds is 0. The lowest BCUT2D eigenvalue weighted by Gasteiger charge is -1.27. The maximum Gasteiger partial charge on any atom is -0.147 e. The lowest BCUT2D eigenvalue weighted by molar-refractivity contribution is 1.26. The van der Waals surface area contributed by atoms with Gasteiger partial charge in [-0.3, -0.25) is 23.4 Å². The van der Waals surface area contributed by atoms with Crippen LogP contribution in [0.1, 0.15) is 0 Å². The summed E-state index contributed by atoms with van der Waals surface area (Å²) < 4.78 is 0. The quantitative estimate of drug-likeness (QED) is 0.240. The first-order valence-corrected chi connectivity index (χ1v) is 0.667. The summed E-state index contributed by atoms with van der Waals surface area (Å²) in [5.41, 5.74) is 0. The first-order chi connectivity index (χ1) is 2.00. The van der Waals surface area contributed by atoms with Gasteiger partial charge in [0.15, 0.2) is 0 Å². The molecule has 0 bridgehead atoms. The van der Waals surface area contributed by atoms with E-state index in [-0.39, 0.29) is 24.8 Å². The second-order valence-corrected chi connectivity index (χ2v) is 0. The van der Waals surface area contributed by atoms with Crippen LogP contribution in [0.25, 0.3) is 0 Å². The molecule has 0 amide bonds. The van der Waals surface area contributed by atoms with Crippen molar-refractivity contribution in [2.24, 2.45) is 23.4 Å². The van der Waals surface area contributed by atoms with Crippen molar-refractivity contribution in [2.45, 2.75) is 0 Å². The number of hydrazine groups is 2. The minimum absolute atomic E-state index is 0. The zero-order valence-electron chi connectivity index (χ0n) is 3.13. The molecule has 0 aliphatic carbocycles. The summed E-state index contributed by atoms with van der Waals surface area (Å²) in [6.07, 6.45) is 0. The summed E-state index contributed by atoms with van der Waals surface area (Å²) in [5, 5.41) is 0. The Bertz CT molecular complexity index is 5.51. The van der Waals surface area contributed by atoms with E-state index in [9.17, 15) is 0 Å². The largest absolute Gasteiger partial charge is 0.274 e. The molecule has 0 unspecified atom stereocenters. The standard InChI is InChI=1S/2ClH.2H4N2/c;;2*1-2/h2*1H;2*1-2H2. The zero-order valence-corrected chi connectivity index (χ0v) is 4.76. The van der Waals surface area contributed by atoms with Gasteiger partial charge >= 0.3 is 0 Å². The van der Waals surface area contributed by atoms with E-state index < -0.39 is 0 Å². The first-order valence-electron chi connectivity index (χ1n) is 0.667. The molecule has 0 aromatic heterocycles. The number of hydrogen-bond acceptors (Lipinski definition) is 4. The predicted molar refractivity (Wildman–Crippen MR) is 31.2 cm³/mol. The van der Waals surface area contributed by atoms with Crippen LogP contribution in [-0.2, 0) is 0 Å². The van der Waals surface area contributed by atoms with Crippen molar-refractivity contribution < 1.29 is 0 Å². The summed E-state index contributed by atoms with van der Waals surface area (Å²) in [5.74, 6) is 16.0. The molecule has 0 atom stereocenters. The smallest absolute Gasteiger partial charge is 0.147 e. The molecular formula is H10Cl2N4. The molecule has 0 saturated heterocycles. The average molecular weight is 137 g/mol. The van der Waals surface area contributed by atoms with Gasteiger partial charge in [0, 0.05) is 0 Å². The van der Waals surface area contributed by atoms with Crippen molar-refractivity contribution in [3.8, 4) is 0 Å². The van der Waals surface area contributed by atoms with E-state index in [0.29, 0.717) is 0 Å². The highest BCUT2D eigenvalue weighted by Gasteiger charge is 0.728. The molecule has 0 aromatic carbocycles. The summed E-state index contributed by atoms with van der Waals surface area (Å²) >= 11 is 0. The molecule has 0 spiro atoms. The first kappa shape index (κ1) is 32.2. The summed E-state index contributed by atoms with van der Waals surface area (Å²) in [6, 6.07) is 0. The molecule has 0 aliphatic heterocycles. The average Bonchev–Trinajstić information content (AvgIpc) is 1.50. The van der Waals surface area contributed by atoms with E-state index in [4.69, 9.17) is 0 Å². The molecule has 0 saturated carbocycles. The molecule has 6 heteroatoms. The fourth-order valence-corrected chi connectivity index (χ4v) is 0. The van der Waals surface area contributed by atoms with Gasteiger partial charge in [0.05, 0.1) is 0 Å². The van der Waals surface area contributed by atoms with Gasteiger partial charge in [0.25, 0.3) is 0 Å². The van der Waals surface area contributed by atoms with Gasteiger partial charge in [-0.25, -0.2) is 0 Å². The van der Waals surface area contributed by atoms with Crippen LogP contribution in [0, 0.1) is 0 Å². The fourth-order valence-electron chi connectivity index (χ4n) is 0. The minimum atomic E-state index is 0. The normalized spacial score (nSPS) is 2.00. The highest BCUT2D eigenvalue weighted by atomic mass is 35.5. The van der Waals surface area contributed by atoms with Crippen molar-refractivity contribution >= 4 is 24.8 Å². The van der Waals surface area contributed by atoms with Crippen LogP contribution in [-0.4, -0.2) is 0 Å². The third kappa shape index (κ3) is 293. The third-order valence-corrected chi connectivity index (χ3v) is 0. The van der Waals surface area contributed by atoms with E-state index in [2.05, 4.69) is 23.4 Å². The van der Waals surface area contributed by atoms with Crippen LogP contribution >= 0.6 is 24.8 Å². The van der Waals surface area contributed by atoms with E-state index >= 15 is 0 Å². The fraction of sp³-hybridized carbons (Fsp3) is 0. The van der Waals surface area contributed by atoms with Crippen molar-refractivity contribution in [2.75, 3.05) is 0 Å². The summed E-state index contributed by atoms with van der Waals surface area (Å²) in [6.45, 7) is 0. The van der Waals surface area contributed by atoms with E-state index in [1.54, 1.807) is 0 Å². The Morgan fingerprint density at radius 3 is 0.500 bits per heavy atom. The topological polar surface area (TPSA) is 104 Å². The summed E-state index contributed by atoms with van der Waals surface area (Å²) in [4.78, 5) is 0. The highest BCUT2D eigenvalue weighted by molar-refractivity contribution is 5.85. The van der Waals surface area contributed by atoms with E-state index in [1.807, 2.05) is 0 Å². The molecule has 0 radical (unpaired) electrons. The number of halogens is 2. The Kier molecular flexibility index (Phi) is 3220. The van der Waals surface area contributed by atoms with Crippen LogP contribution < -0.4 is 23.4 Å². The van der Waals surface area contributed by atoms with Gasteiger partial charge < -0.3 is 0 Å². The van der Waals surface area contributed by atoms with Gasteiger partial charge in [0.2, 0.25) is 0 Å². The Morgan fingerprint density at radius 1 is 0.500 bits per heavy atom. The van der Waals surface area contributed by atoms with Crippen molar-refractivity contribution in [1.29, 1.82) is 0 Å². The van der Waals surface area contributed by atoms with Gasteiger partial charge in [0.1, 0.15) is 0 Å². The molecule has 44 valence electrons. The van der Waals surface area contributed by atoms with Crippen molar-refractivity contribution in [3.63, 3.8) is 0 Å². The predicted octanol–water partition coefficient (Wildman–Crippen LogP) is -1.52. The van der Waals surface area contributed by atoms with Crippen LogP contribution in [0.4, 0.5) is 0 Å². The monoisotopic (exact) mass is 136 g/mol. The second-order valence-electron chi connectivity index (χ2n) is 0. The molecule has 6 heavy (non-hydrogen) atoms. The van der Waals surface area contributed by atoms with Crippen LogP contribution in [0.2, 0.25) is 0 Å². The van der Waals surface area contributed by atoms with Crippen LogP contribution in [0.15, 0.2) is 0 Å². The maximum absolute atomic E-state index is 4.00. The highest BCUT2D eigenvalue weighted by Crippen LogP contribution is 0.691. The minimum Gasteiger partial charge on any atom is -0.274 e. The van der Waals surface area contributed by atoms with E-state index in [1.165, 1.54) is 0 Å². The lowest BCUT2D eigenvalue weighted by Crippen LogP contribution is -2.02. The third-order valence-electron chi connectivity index (χ3n) is 0.